The smallest absolute Gasteiger partial charge is 0.120 e. The molecular formula is C40H28IrN2O-2. The van der Waals surface area contributed by atoms with Crippen molar-refractivity contribution in [3.63, 3.8) is 0 Å². The van der Waals surface area contributed by atoms with Crippen LogP contribution in [0.2, 0.25) is 0 Å². The second-order valence-electron chi connectivity index (χ2n) is 10.5. The van der Waals surface area contributed by atoms with Crippen molar-refractivity contribution < 1.29 is 24.5 Å². The van der Waals surface area contributed by atoms with E-state index in [4.69, 9.17) is 9.40 Å². The summed E-state index contributed by atoms with van der Waals surface area (Å²) in [4.78, 5) is 8.97. The van der Waals surface area contributed by atoms with Crippen LogP contribution in [0.5, 0.6) is 0 Å². The number of benzene rings is 5. The molecule has 1 radical (unpaired) electrons. The van der Waals surface area contributed by atoms with E-state index >= 15 is 0 Å². The topological polar surface area (TPSA) is 38.9 Å². The molecule has 0 bridgehead atoms. The third-order valence-electron chi connectivity index (χ3n) is 7.84. The minimum absolute atomic E-state index is 0. The summed E-state index contributed by atoms with van der Waals surface area (Å²) in [6, 6.07) is 47.5. The molecule has 3 aromatic heterocycles. The maximum atomic E-state index is 6.22. The first-order valence-electron chi connectivity index (χ1n) is 14.3. The maximum absolute atomic E-state index is 6.22. The molecule has 44 heavy (non-hydrogen) atoms. The Kier molecular flexibility index (Phi) is 8.47. The Morgan fingerprint density at radius 2 is 1.41 bits per heavy atom. The summed E-state index contributed by atoms with van der Waals surface area (Å²) in [6.45, 7) is 4.32. The average molecular weight is 745 g/mol. The van der Waals surface area contributed by atoms with Gasteiger partial charge in [-0.3, -0.25) is 0 Å². The molecule has 0 aliphatic carbocycles. The number of fused-ring (bicyclic) bond motifs is 4. The molecule has 5 aromatic carbocycles. The maximum Gasteiger partial charge on any atom is 0.120 e. The van der Waals surface area contributed by atoms with Gasteiger partial charge < -0.3 is 14.4 Å². The zero-order valence-electron chi connectivity index (χ0n) is 24.3. The van der Waals surface area contributed by atoms with E-state index in [0.717, 1.165) is 50.0 Å². The molecule has 0 aliphatic rings. The van der Waals surface area contributed by atoms with E-state index in [1.54, 1.807) is 6.20 Å². The SMILES string of the molecule is Cc1cnc(-c2[c-]ccc3c2oc2ccccc23)cc1-c1ccc2ccccc2c1C.[Ir].[c-]1ccccc1-c1ccccn1. The molecule has 3 heterocycles. The van der Waals surface area contributed by atoms with E-state index < -0.39 is 0 Å². The molecule has 0 saturated heterocycles. The predicted molar refractivity (Wildman–Crippen MR) is 177 cm³/mol. The minimum atomic E-state index is 0. The van der Waals surface area contributed by atoms with E-state index in [1.165, 1.54) is 27.5 Å². The monoisotopic (exact) mass is 745 g/mol. The molecule has 8 rings (SSSR count). The molecule has 0 aliphatic heterocycles. The van der Waals surface area contributed by atoms with Crippen LogP contribution in [-0.4, -0.2) is 9.97 Å². The quantitative estimate of drug-likeness (QED) is 0.169. The molecule has 0 fully saturated rings. The van der Waals surface area contributed by atoms with Gasteiger partial charge in [-0.2, -0.15) is 0 Å². The van der Waals surface area contributed by atoms with Crippen molar-refractivity contribution >= 4 is 32.7 Å². The number of nitrogens with zero attached hydrogens (tertiary/aromatic N) is 2. The number of pyridine rings is 2. The van der Waals surface area contributed by atoms with Gasteiger partial charge in [0.2, 0.25) is 0 Å². The van der Waals surface area contributed by atoms with Gasteiger partial charge in [0.15, 0.2) is 0 Å². The van der Waals surface area contributed by atoms with Gasteiger partial charge in [0.05, 0.1) is 5.58 Å². The summed E-state index contributed by atoms with van der Waals surface area (Å²) in [5.74, 6) is 0. The molecule has 0 N–H and O–H groups in total. The summed E-state index contributed by atoms with van der Waals surface area (Å²) in [5, 5.41) is 4.75. The molecule has 0 spiro atoms. The largest absolute Gasteiger partial charge is 0.501 e. The fourth-order valence-electron chi connectivity index (χ4n) is 5.62. The molecular weight excluding hydrogens is 717 g/mol. The van der Waals surface area contributed by atoms with E-state index in [0.29, 0.717) is 0 Å². The van der Waals surface area contributed by atoms with Gasteiger partial charge in [-0.25, -0.2) is 0 Å². The second-order valence-corrected chi connectivity index (χ2v) is 10.5. The normalized spacial score (nSPS) is 10.8. The number of furan rings is 1. The van der Waals surface area contributed by atoms with Crippen molar-refractivity contribution in [3.05, 3.63) is 157 Å². The van der Waals surface area contributed by atoms with Crippen molar-refractivity contribution in [1.29, 1.82) is 0 Å². The molecule has 0 saturated carbocycles. The van der Waals surface area contributed by atoms with Gasteiger partial charge in [0.1, 0.15) is 5.58 Å². The third kappa shape index (κ3) is 5.58. The van der Waals surface area contributed by atoms with E-state index in [9.17, 15) is 0 Å². The van der Waals surface area contributed by atoms with Crippen LogP contribution in [0, 0.1) is 26.0 Å². The van der Waals surface area contributed by atoms with Crippen LogP contribution in [0.1, 0.15) is 11.1 Å². The summed E-state index contributed by atoms with van der Waals surface area (Å²) >= 11 is 0. The van der Waals surface area contributed by atoms with Gasteiger partial charge in [-0.05, 0) is 70.4 Å². The van der Waals surface area contributed by atoms with Crippen LogP contribution in [0.4, 0.5) is 0 Å². The van der Waals surface area contributed by atoms with Crippen molar-refractivity contribution in [2.24, 2.45) is 0 Å². The zero-order valence-corrected chi connectivity index (χ0v) is 26.7. The van der Waals surface area contributed by atoms with Crippen LogP contribution in [-0.2, 0) is 20.1 Å². The molecule has 4 heteroatoms. The van der Waals surface area contributed by atoms with Crippen LogP contribution < -0.4 is 0 Å². The molecule has 0 amide bonds. The number of para-hydroxylation sites is 1. The molecule has 3 nitrogen and oxygen atoms in total. The Hall–Kier alpha value is -4.89. The standard InChI is InChI=1S/C29H20NO.C11H8N.Ir/c1-18-17-30-27(16-26(18)22-15-14-20-8-3-4-9-21(20)19(22)2)25-12-7-11-24-23-10-5-6-13-28(23)31-29(24)25;1-2-6-10(7-3-1)11-8-4-5-9-12-11;/h3-11,13-17H,1-2H3;1-6,8-9H;/q2*-1;. The Morgan fingerprint density at radius 1 is 0.614 bits per heavy atom. The Morgan fingerprint density at radius 3 is 2.23 bits per heavy atom. The van der Waals surface area contributed by atoms with Gasteiger partial charge in [-0.15, -0.1) is 54.1 Å². The van der Waals surface area contributed by atoms with Gasteiger partial charge in [-0.1, -0.05) is 83.7 Å². The average Bonchev–Trinajstić information content (AvgIpc) is 3.46. The van der Waals surface area contributed by atoms with Crippen molar-refractivity contribution in [3.8, 4) is 33.6 Å². The predicted octanol–water partition coefficient (Wildman–Crippen LogP) is 10.4. The summed E-state index contributed by atoms with van der Waals surface area (Å²) in [7, 11) is 0. The fourth-order valence-corrected chi connectivity index (χ4v) is 5.62. The minimum Gasteiger partial charge on any atom is -0.501 e. The first kappa shape index (κ1) is 29.2. The van der Waals surface area contributed by atoms with Gasteiger partial charge in [0.25, 0.3) is 0 Å². The van der Waals surface area contributed by atoms with Crippen molar-refractivity contribution in [2.75, 3.05) is 0 Å². The van der Waals surface area contributed by atoms with E-state index in [1.807, 2.05) is 72.9 Å². The van der Waals surface area contributed by atoms with Crippen LogP contribution in [0.25, 0.3) is 66.4 Å². The molecule has 215 valence electrons. The third-order valence-corrected chi connectivity index (χ3v) is 7.84. The summed E-state index contributed by atoms with van der Waals surface area (Å²) in [5.41, 5.74) is 10.4. The Labute approximate surface area is 270 Å². The zero-order chi connectivity index (χ0) is 29.2. The molecule has 0 unspecified atom stereocenters. The first-order chi connectivity index (χ1) is 21.2. The number of aromatic nitrogens is 2. The number of hydrogen-bond donors (Lipinski definition) is 0. The van der Waals surface area contributed by atoms with E-state index in [-0.39, 0.29) is 20.1 Å². The Balaban J connectivity index is 0.000000222. The summed E-state index contributed by atoms with van der Waals surface area (Å²) in [6.07, 6.45) is 3.74. The number of rotatable bonds is 3. The van der Waals surface area contributed by atoms with Crippen LogP contribution >= 0.6 is 0 Å². The van der Waals surface area contributed by atoms with Crippen LogP contribution in [0.3, 0.4) is 0 Å². The Bertz CT molecular complexity index is 2170. The van der Waals surface area contributed by atoms with E-state index in [2.05, 4.69) is 85.6 Å². The van der Waals surface area contributed by atoms with Crippen molar-refractivity contribution in [2.45, 2.75) is 13.8 Å². The molecule has 0 atom stereocenters. The molecule has 8 aromatic rings. The number of hydrogen-bond acceptors (Lipinski definition) is 3. The fraction of sp³-hybridized carbons (Fsp3) is 0.0500. The van der Waals surface area contributed by atoms with Crippen LogP contribution in [0.15, 0.2) is 138 Å². The van der Waals surface area contributed by atoms with Crippen molar-refractivity contribution in [1.82, 2.24) is 9.97 Å². The second kappa shape index (κ2) is 12.8. The summed E-state index contributed by atoms with van der Waals surface area (Å²) < 4.78 is 6.22. The van der Waals surface area contributed by atoms with Gasteiger partial charge >= 0.3 is 0 Å². The first-order valence-corrected chi connectivity index (χ1v) is 14.3. The van der Waals surface area contributed by atoms with Gasteiger partial charge in [0, 0.05) is 37.9 Å². The number of aryl methyl sites for hydroxylation is 2.